The van der Waals surface area contributed by atoms with Crippen LogP contribution < -0.4 is 4.74 Å². The highest BCUT2D eigenvalue weighted by Gasteiger charge is 2.31. The zero-order valence-electron chi connectivity index (χ0n) is 9.27. The third kappa shape index (κ3) is 3.27. The summed E-state index contributed by atoms with van der Waals surface area (Å²) < 4.78 is 44.9. The first-order valence-electron chi connectivity index (χ1n) is 5.04. The van der Waals surface area contributed by atoms with E-state index in [4.69, 9.17) is 9.52 Å². The molecular weight excluding hydrogens is 265 g/mol. The Morgan fingerprint density at radius 2 is 1.95 bits per heavy atom. The van der Waals surface area contributed by atoms with Gasteiger partial charge in [-0.2, -0.15) is 0 Å². The van der Waals surface area contributed by atoms with E-state index in [9.17, 15) is 18.0 Å². The standard InChI is InChI=1S/C12H7F3O4/c13-12(14,15)19-8-3-1-2-7(6-8)9-4-5-10(18-9)11(16)17/h1-6H,(H,16,17). The Balaban J connectivity index is 2.29. The van der Waals surface area contributed by atoms with Gasteiger partial charge in [0.25, 0.3) is 0 Å². The SMILES string of the molecule is O=C(O)c1ccc(-c2cccc(OC(F)(F)F)c2)o1. The van der Waals surface area contributed by atoms with Crippen LogP contribution in [0.1, 0.15) is 10.6 Å². The monoisotopic (exact) mass is 272 g/mol. The van der Waals surface area contributed by atoms with E-state index < -0.39 is 18.1 Å². The molecule has 0 amide bonds. The number of halogens is 3. The fourth-order valence-corrected chi connectivity index (χ4v) is 1.45. The molecule has 0 unspecified atom stereocenters. The molecule has 2 aromatic rings. The highest BCUT2D eigenvalue weighted by molar-refractivity contribution is 5.85. The molecule has 2 rings (SSSR count). The summed E-state index contributed by atoms with van der Waals surface area (Å²) >= 11 is 0. The van der Waals surface area contributed by atoms with Crippen LogP contribution in [0.5, 0.6) is 5.75 Å². The van der Waals surface area contributed by atoms with Crippen molar-refractivity contribution in [3.63, 3.8) is 0 Å². The molecule has 0 radical (unpaired) electrons. The van der Waals surface area contributed by atoms with Crippen LogP contribution in [0.4, 0.5) is 13.2 Å². The van der Waals surface area contributed by atoms with Crippen LogP contribution in [-0.2, 0) is 0 Å². The number of carboxylic acid groups (broad SMARTS) is 1. The number of hydrogen-bond donors (Lipinski definition) is 1. The van der Waals surface area contributed by atoms with Crippen LogP contribution in [-0.4, -0.2) is 17.4 Å². The first kappa shape index (κ1) is 13.0. The predicted molar refractivity (Wildman–Crippen MR) is 57.8 cm³/mol. The second-order valence-electron chi connectivity index (χ2n) is 3.54. The molecule has 0 saturated carbocycles. The second kappa shape index (κ2) is 4.68. The number of hydrogen-bond acceptors (Lipinski definition) is 3. The van der Waals surface area contributed by atoms with E-state index in [0.717, 1.165) is 12.1 Å². The van der Waals surface area contributed by atoms with Gasteiger partial charge in [0.05, 0.1) is 0 Å². The van der Waals surface area contributed by atoms with Crippen LogP contribution >= 0.6 is 0 Å². The lowest BCUT2D eigenvalue weighted by Crippen LogP contribution is -2.17. The zero-order valence-corrected chi connectivity index (χ0v) is 9.27. The predicted octanol–water partition coefficient (Wildman–Crippen LogP) is 3.54. The smallest absolute Gasteiger partial charge is 0.475 e. The molecule has 0 aliphatic carbocycles. The number of furan rings is 1. The van der Waals surface area contributed by atoms with Gasteiger partial charge in [0.2, 0.25) is 5.76 Å². The van der Waals surface area contributed by atoms with Crippen molar-refractivity contribution < 1.29 is 32.2 Å². The summed E-state index contributed by atoms with van der Waals surface area (Å²) in [6.45, 7) is 0. The van der Waals surface area contributed by atoms with Crippen molar-refractivity contribution in [2.45, 2.75) is 6.36 Å². The van der Waals surface area contributed by atoms with Crippen LogP contribution in [0.2, 0.25) is 0 Å². The van der Waals surface area contributed by atoms with Gasteiger partial charge in [-0.15, -0.1) is 13.2 Å². The van der Waals surface area contributed by atoms with Gasteiger partial charge < -0.3 is 14.3 Å². The normalized spacial score (nSPS) is 11.3. The number of ether oxygens (including phenoxy) is 1. The number of alkyl halides is 3. The van der Waals surface area contributed by atoms with Crippen LogP contribution in [0, 0.1) is 0 Å². The van der Waals surface area contributed by atoms with Crippen molar-refractivity contribution in [2.75, 3.05) is 0 Å². The molecule has 0 bridgehead atoms. The van der Waals surface area contributed by atoms with Gasteiger partial charge in [0, 0.05) is 5.56 Å². The number of aromatic carboxylic acids is 1. The summed E-state index contributed by atoms with van der Waals surface area (Å²) in [7, 11) is 0. The van der Waals surface area contributed by atoms with Crippen molar-refractivity contribution in [1.29, 1.82) is 0 Å². The second-order valence-corrected chi connectivity index (χ2v) is 3.54. The summed E-state index contributed by atoms with van der Waals surface area (Å²) in [4.78, 5) is 10.6. The van der Waals surface area contributed by atoms with Crippen molar-refractivity contribution in [3.05, 3.63) is 42.2 Å². The fourth-order valence-electron chi connectivity index (χ4n) is 1.45. The van der Waals surface area contributed by atoms with Crippen molar-refractivity contribution in [3.8, 4) is 17.1 Å². The summed E-state index contributed by atoms with van der Waals surface area (Å²) in [5.74, 6) is -1.81. The summed E-state index contributed by atoms with van der Waals surface area (Å²) in [6.07, 6.45) is -4.78. The van der Waals surface area contributed by atoms with E-state index in [2.05, 4.69) is 4.74 Å². The van der Waals surface area contributed by atoms with Gasteiger partial charge in [0.15, 0.2) is 0 Å². The molecule has 19 heavy (non-hydrogen) atoms. The maximum Gasteiger partial charge on any atom is 0.573 e. The van der Waals surface area contributed by atoms with Crippen molar-refractivity contribution >= 4 is 5.97 Å². The number of benzene rings is 1. The van der Waals surface area contributed by atoms with Crippen LogP contribution in [0.3, 0.4) is 0 Å². The lowest BCUT2D eigenvalue weighted by atomic mass is 10.2. The van der Waals surface area contributed by atoms with E-state index in [1.54, 1.807) is 0 Å². The molecular formula is C12H7F3O4. The lowest BCUT2D eigenvalue weighted by Gasteiger charge is -2.09. The molecule has 1 aromatic carbocycles. The van der Waals surface area contributed by atoms with E-state index in [1.807, 2.05) is 0 Å². The molecule has 0 saturated heterocycles. The molecule has 0 fully saturated rings. The summed E-state index contributed by atoms with van der Waals surface area (Å²) in [5, 5.41) is 8.69. The minimum atomic E-state index is -4.78. The molecule has 0 aliphatic heterocycles. The fraction of sp³-hybridized carbons (Fsp3) is 0.0833. The third-order valence-electron chi connectivity index (χ3n) is 2.17. The topological polar surface area (TPSA) is 59.7 Å². The number of carbonyl (C=O) groups is 1. The average Bonchev–Trinajstić information content (AvgIpc) is 2.76. The molecule has 0 aliphatic rings. The summed E-state index contributed by atoms with van der Waals surface area (Å²) in [6, 6.07) is 7.65. The quantitative estimate of drug-likeness (QED) is 0.928. The van der Waals surface area contributed by atoms with E-state index in [-0.39, 0.29) is 17.1 Å². The average molecular weight is 272 g/mol. The van der Waals surface area contributed by atoms with Gasteiger partial charge >= 0.3 is 12.3 Å². The Bertz CT molecular complexity index is 601. The zero-order chi connectivity index (χ0) is 14.0. The Morgan fingerprint density at radius 3 is 2.53 bits per heavy atom. The van der Waals surface area contributed by atoms with Crippen LogP contribution in [0.25, 0.3) is 11.3 Å². The maximum absolute atomic E-state index is 12.1. The van der Waals surface area contributed by atoms with Gasteiger partial charge in [-0.1, -0.05) is 12.1 Å². The number of rotatable bonds is 3. The Morgan fingerprint density at radius 1 is 1.21 bits per heavy atom. The molecule has 1 N–H and O–H groups in total. The largest absolute Gasteiger partial charge is 0.573 e. The first-order valence-corrected chi connectivity index (χ1v) is 5.04. The Labute approximate surface area is 105 Å². The molecule has 0 spiro atoms. The molecule has 7 heteroatoms. The molecule has 100 valence electrons. The molecule has 4 nitrogen and oxygen atoms in total. The van der Waals surface area contributed by atoms with Gasteiger partial charge in [-0.25, -0.2) is 4.79 Å². The highest BCUT2D eigenvalue weighted by atomic mass is 19.4. The molecule has 0 atom stereocenters. The van der Waals surface area contributed by atoms with Gasteiger partial charge in [-0.3, -0.25) is 0 Å². The number of carboxylic acids is 1. The van der Waals surface area contributed by atoms with Crippen LogP contribution in [0.15, 0.2) is 40.8 Å². The van der Waals surface area contributed by atoms with E-state index >= 15 is 0 Å². The Hall–Kier alpha value is -2.44. The van der Waals surface area contributed by atoms with Crippen molar-refractivity contribution in [2.24, 2.45) is 0 Å². The first-order chi connectivity index (χ1) is 8.85. The highest BCUT2D eigenvalue weighted by Crippen LogP contribution is 2.28. The van der Waals surface area contributed by atoms with Crippen molar-refractivity contribution in [1.82, 2.24) is 0 Å². The maximum atomic E-state index is 12.1. The lowest BCUT2D eigenvalue weighted by molar-refractivity contribution is -0.274. The molecule has 1 heterocycles. The summed E-state index contributed by atoms with van der Waals surface area (Å²) in [5.41, 5.74) is 0.286. The molecule has 1 aromatic heterocycles. The third-order valence-corrected chi connectivity index (χ3v) is 2.17. The Kier molecular flexibility index (Phi) is 3.20. The minimum Gasteiger partial charge on any atom is -0.475 e. The van der Waals surface area contributed by atoms with E-state index in [1.165, 1.54) is 24.3 Å². The minimum absolute atomic E-state index is 0.144. The van der Waals surface area contributed by atoms with Gasteiger partial charge in [-0.05, 0) is 24.3 Å². The van der Waals surface area contributed by atoms with Gasteiger partial charge in [0.1, 0.15) is 11.5 Å². The van der Waals surface area contributed by atoms with E-state index in [0.29, 0.717) is 0 Å².